The number of guanidine groups is 1. The van der Waals surface area contributed by atoms with Crippen molar-refractivity contribution in [2.75, 3.05) is 27.9 Å². The number of rotatable bonds is 8. The third kappa shape index (κ3) is 6.25. The molecule has 1 atom stereocenters. The predicted molar refractivity (Wildman–Crippen MR) is 102 cm³/mol. The highest BCUT2D eigenvalue weighted by Gasteiger charge is 2.05. The zero-order chi connectivity index (χ0) is 18.8. The number of nitrogens with one attached hydrogen (secondary N) is 2. The fourth-order valence-corrected chi connectivity index (χ4v) is 2.27. The number of aromatic nitrogens is 1. The minimum Gasteiger partial charge on any atom is -0.497 e. The number of aliphatic imine (C=N–C) groups is 1. The molecule has 1 aromatic carbocycles. The van der Waals surface area contributed by atoms with Crippen LogP contribution in [-0.4, -0.2) is 44.9 Å². The van der Waals surface area contributed by atoms with Gasteiger partial charge in [0, 0.05) is 45.1 Å². The quantitative estimate of drug-likeness (QED) is 0.558. The van der Waals surface area contributed by atoms with Crippen molar-refractivity contribution in [1.29, 1.82) is 0 Å². The zero-order valence-electron chi connectivity index (χ0n) is 15.7. The van der Waals surface area contributed by atoms with Gasteiger partial charge in [0.05, 0.1) is 13.7 Å². The van der Waals surface area contributed by atoms with Crippen molar-refractivity contribution in [3.63, 3.8) is 0 Å². The molecule has 140 valence electrons. The van der Waals surface area contributed by atoms with Gasteiger partial charge >= 0.3 is 0 Å². The van der Waals surface area contributed by atoms with Crippen LogP contribution in [0.15, 0.2) is 47.6 Å². The first-order chi connectivity index (χ1) is 12.6. The number of benzene rings is 1. The van der Waals surface area contributed by atoms with Crippen molar-refractivity contribution < 1.29 is 14.2 Å². The minimum absolute atomic E-state index is 0.169. The highest BCUT2D eigenvalue weighted by molar-refractivity contribution is 5.79. The van der Waals surface area contributed by atoms with Crippen LogP contribution in [0.5, 0.6) is 17.4 Å². The van der Waals surface area contributed by atoms with E-state index in [0.29, 0.717) is 30.7 Å². The van der Waals surface area contributed by atoms with E-state index in [4.69, 9.17) is 14.2 Å². The SMILES string of the molecule is CN=C(NCc1ccc(Oc2cccc(OC)c2)nc1)NC(C)COC. The van der Waals surface area contributed by atoms with Gasteiger partial charge in [0.1, 0.15) is 11.5 Å². The summed E-state index contributed by atoms with van der Waals surface area (Å²) in [5.41, 5.74) is 1.02. The maximum absolute atomic E-state index is 5.74. The van der Waals surface area contributed by atoms with Gasteiger partial charge < -0.3 is 24.8 Å². The van der Waals surface area contributed by atoms with E-state index < -0.39 is 0 Å². The van der Waals surface area contributed by atoms with Gasteiger partial charge in [0.25, 0.3) is 0 Å². The van der Waals surface area contributed by atoms with Gasteiger partial charge in [0.15, 0.2) is 5.96 Å². The van der Waals surface area contributed by atoms with E-state index in [2.05, 4.69) is 20.6 Å². The average molecular weight is 358 g/mol. The van der Waals surface area contributed by atoms with E-state index >= 15 is 0 Å². The molecule has 1 heterocycles. The van der Waals surface area contributed by atoms with Gasteiger partial charge in [-0.2, -0.15) is 0 Å². The molecule has 0 aliphatic carbocycles. The number of pyridine rings is 1. The molecule has 1 aromatic heterocycles. The van der Waals surface area contributed by atoms with Crippen molar-refractivity contribution >= 4 is 5.96 Å². The second-order valence-electron chi connectivity index (χ2n) is 5.71. The van der Waals surface area contributed by atoms with E-state index in [-0.39, 0.29) is 6.04 Å². The van der Waals surface area contributed by atoms with E-state index in [0.717, 1.165) is 11.3 Å². The van der Waals surface area contributed by atoms with Crippen LogP contribution in [0.25, 0.3) is 0 Å². The fourth-order valence-electron chi connectivity index (χ4n) is 2.27. The third-order valence-corrected chi connectivity index (χ3v) is 3.54. The van der Waals surface area contributed by atoms with E-state index in [9.17, 15) is 0 Å². The minimum atomic E-state index is 0.169. The summed E-state index contributed by atoms with van der Waals surface area (Å²) in [7, 11) is 5.03. The number of hydrogen-bond acceptors (Lipinski definition) is 5. The Labute approximate surface area is 154 Å². The molecule has 0 amide bonds. The second-order valence-corrected chi connectivity index (χ2v) is 5.71. The van der Waals surface area contributed by atoms with E-state index in [1.54, 1.807) is 27.5 Å². The maximum atomic E-state index is 5.74. The van der Waals surface area contributed by atoms with Gasteiger partial charge in [-0.25, -0.2) is 4.98 Å². The van der Waals surface area contributed by atoms with Gasteiger partial charge in [0.2, 0.25) is 5.88 Å². The lowest BCUT2D eigenvalue weighted by molar-refractivity contribution is 0.179. The van der Waals surface area contributed by atoms with Crippen molar-refractivity contribution in [3.05, 3.63) is 48.2 Å². The van der Waals surface area contributed by atoms with Gasteiger partial charge in [-0.05, 0) is 24.6 Å². The summed E-state index contributed by atoms with van der Waals surface area (Å²) in [4.78, 5) is 8.54. The molecule has 0 radical (unpaired) electrons. The van der Waals surface area contributed by atoms with Crippen LogP contribution in [0.3, 0.4) is 0 Å². The Hall–Kier alpha value is -2.80. The molecule has 7 heteroatoms. The molecular weight excluding hydrogens is 332 g/mol. The van der Waals surface area contributed by atoms with Crippen LogP contribution < -0.4 is 20.1 Å². The predicted octanol–water partition coefficient (Wildman–Crippen LogP) is 2.58. The lowest BCUT2D eigenvalue weighted by Crippen LogP contribution is -2.43. The van der Waals surface area contributed by atoms with Crippen LogP contribution in [0.2, 0.25) is 0 Å². The summed E-state index contributed by atoms with van der Waals surface area (Å²) >= 11 is 0. The van der Waals surface area contributed by atoms with E-state index in [1.807, 2.05) is 43.3 Å². The standard InChI is InChI=1S/C19H26N4O3/c1-14(13-24-3)23-19(20-2)22-12-15-8-9-18(21-11-15)26-17-7-5-6-16(10-17)25-4/h5-11,14H,12-13H2,1-4H3,(H2,20,22,23). The first kappa shape index (κ1) is 19.5. The molecule has 0 fully saturated rings. The second kappa shape index (κ2) is 10.2. The van der Waals surface area contributed by atoms with Crippen LogP contribution in [0, 0.1) is 0 Å². The summed E-state index contributed by atoms with van der Waals surface area (Å²) in [6, 6.07) is 11.4. The maximum Gasteiger partial charge on any atom is 0.219 e. The molecule has 2 N–H and O–H groups in total. The van der Waals surface area contributed by atoms with Gasteiger partial charge in [-0.3, -0.25) is 4.99 Å². The Morgan fingerprint density at radius 3 is 2.65 bits per heavy atom. The van der Waals surface area contributed by atoms with Crippen molar-refractivity contribution in [3.8, 4) is 17.4 Å². The van der Waals surface area contributed by atoms with Crippen molar-refractivity contribution in [2.24, 2.45) is 4.99 Å². The largest absolute Gasteiger partial charge is 0.497 e. The summed E-state index contributed by atoms with van der Waals surface area (Å²) < 4.78 is 16.0. The van der Waals surface area contributed by atoms with Crippen molar-refractivity contribution in [1.82, 2.24) is 15.6 Å². The molecule has 0 bridgehead atoms. The molecular formula is C19H26N4O3. The highest BCUT2D eigenvalue weighted by atomic mass is 16.5. The average Bonchev–Trinajstić information content (AvgIpc) is 2.66. The molecule has 0 aliphatic heterocycles. The molecule has 7 nitrogen and oxygen atoms in total. The Morgan fingerprint density at radius 2 is 2.00 bits per heavy atom. The van der Waals surface area contributed by atoms with Gasteiger partial charge in [-0.15, -0.1) is 0 Å². The van der Waals surface area contributed by atoms with Crippen LogP contribution in [0.4, 0.5) is 0 Å². The Bertz CT molecular complexity index is 704. The summed E-state index contributed by atoms with van der Waals surface area (Å²) in [5.74, 6) is 2.66. The Morgan fingerprint density at radius 1 is 1.19 bits per heavy atom. The normalized spacial score (nSPS) is 12.4. The smallest absolute Gasteiger partial charge is 0.219 e. The summed E-state index contributed by atoms with van der Waals surface area (Å²) in [6.45, 7) is 3.24. The molecule has 26 heavy (non-hydrogen) atoms. The zero-order valence-corrected chi connectivity index (χ0v) is 15.7. The highest BCUT2D eigenvalue weighted by Crippen LogP contribution is 2.23. The first-order valence-corrected chi connectivity index (χ1v) is 8.37. The number of nitrogens with zero attached hydrogens (tertiary/aromatic N) is 2. The summed E-state index contributed by atoms with van der Waals surface area (Å²) in [5, 5.41) is 6.49. The lowest BCUT2D eigenvalue weighted by atomic mass is 10.3. The number of hydrogen-bond donors (Lipinski definition) is 2. The molecule has 0 spiro atoms. The van der Waals surface area contributed by atoms with Crippen LogP contribution in [-0.2, 0) is 11.3 Å². The number of ether oxygens (including phenoxy) is 3. The molecule has 2 aromatic rings. The molecule has 0 saturated heterocycles. The Balaban J connectivity index is 1.88. The van der Waals surface area contributed by atoms with Gasteiger partial charge in [-0.1, -0.05) is 12.1 Å². The summed E-state index contributed by atoms with van der Waals surface area (Å²) in [6.07, 6.45) is 1.77. The molecule has 0 saturated carbocycles. The molecule has 0 aliphatic rings. The first-order valence-electron chi connectivity index (χ1n) is 8.37. The fraction of sp³-hybridized carbons (Fsp3) is 0.368. The topological polar surface area (TPSA) is 77.0 Å². The van der Waals surface area contributed by atoms with Crippen molar-refractivity contribution in [2.45, 2.75) is 19.5 Å². The monoisotopic (exact) mass is 358 g/mol. The Kier molecular flexibility index (Phi) is 7.70. The third-order valence-electron chi connectivity index (χ3n) is 3.54. The van der Waals surface area contributed by atoms with Crippen LogP contribution >= 0.6 is 0 Å². The lowest BCUT2D eigenvalue weighted by Gasteiger charge is -2.17. The number of methoxy groups -OCH3 is 2. The molecule has 2 rings (SSSR count). The molecule has 1 unspecified atom stereocenters. The van der Waals surface area contributed by atoms with Crippen LogP contribution in [0.1, 0.15) is 12.5 Å². The van der Waals surface area contributed by atoms with E-state index in [1.165, 1.54) is 0 Å².